The van der Waals surface area contributed by atoms with Crippen molar-refractivity contribution in [3.63, 3.8) is 0 Å². The molecule has 0 spiro atoms. The minimum absolute atomic E-state index is 0.142. The maximum Gasteiger partial charge on any atom is 0.173 e. The number of hydrogen-bond donors (Lipinski definition) is 0. The van der Waals surface area contributed by atoms with Crippen LogP contribution in [0.1, 0.15) is 19.8 Å². The lowest BCUT2D eigenvalue weighted by atomic mass is 10.3. The lowest BCUT2D eigenvalue weighted by molar-refractivity contribution is 0.294. The first-order valence-electron chi connectivity index (χ1n) is 4.42. The number of halogens is 3. The monoisotopic (exact) mass is 280 g/mol. The molecule has 0 saturated carbocycles. The van der Waals surface area contributed by atoms with E-state index < -0.39 is 5.82 Å². The van der Waals surface area contributed by atoms with Gasteiger partial charge in [-0.15, -0.1) is 0 Å². The topological polar surface area (TPSA) is 9.23 Å². The second-order valence-corrected chi connectivity index (χ2v) is 4.22. The van der Waals surface area contributed by atoms with Crippen molar-refractivity contribution >= 4 is 27.5 Å². The molecule has 0 aromatic heterocycles. The maximum atomic E-state index is 13.3. The maximum absolute atomic E-state index is 13.3. The summed E-state index contributed by atoms with van der Waals surface area (Å²) in [6.45, 7) is 2.54. The van der Waals surface area contributed by atoms with Gasteiger partial charge in [-0.05, 0) is 18.6 Å². The summed E-state index contributed by atoms with van der Waals surface area (Å²) in [5.74, 6) is -0.288. The Bertz CT molecular complexity index is 294. The molecule has 0 N–H and O–H groups in total. The van der Waals surface area contributed by atoms with E-state index in [0.29, 0.717) is 16.1 Å². The Morgan fingerprint density at radius 1 is 1.50 bits per heavy atom. The van der Waals surface area contributed by atoms with Gasteiger partial charge >= 0.3 is 0 Å². The van der Waals surface area contributed by atoms with Gasteiger partial charge < -0.3 is 4.74 Å². The summed E-state index contributed by atoms with van der Waals surface area (Å²) in [5, 5.41) is 0.299. The second kappa shape index (κ2) is 5.56. The van der Waals surface area contributed by atoms with Crippen molar-refractivity contribution in [2.75, 3.05) is 6.61 Å². The Kier molecular flexibility index (Phi) is 4.69. The molecule has 0 fully saturated rings. The summed E-state index contributed by atoms with van der Waals surface area (Å²) in [6, 6.07) is 2.96. The molecule has 0 bridgehead atoms. The van der Waals surface area contributed by atoms with E-state index in [2.05, 4.69) is 15.9 Å². The zero-order chi connectivity index (χ0) is 10.6. The van der Waals surface area contributed by atoms with Gasteiger partial charge in [-0.25, -0.2) is 4.39 Å². The molecule has 0 aliphatic rings. The van der Waals surface area contributed by atoms with E-state index in [4.69, 9.17) is 16.3 Å². The molecule has 0 radical (unpaired) electrons. The molecule has 0 unspecified atom stereocenters. The molecule has 14 heavy (non-hydrogen) atoms. The van der Waals surface area contributed by atoms with E-state index in [9.17, 15) is 4.39 Å². The van der Waals surface area contributed by atoms with Crippen LogP contribution in [0.2, 0.25) is 5.02 Å². The fraction of sp³-hybridized carbons (Fsp3) is 0.400. The van der Waals surface area contributed by atoms with Crippen LogP contribution in [0.25, 0.3) is 0 Å². The van der Waals surface area contributed by atoms with Gasteiger partial charge in [-0.3, -0.25) is 0 Å². The van der Waals surface area contributed by atoms with Crippen LogP contribution >= 0.6 is 27.5 Å². The summed E-state index contributed by atoms with van der Waals surface area (Å²) >= 11 is 8.97. The number of ether oxygens (including phenoxy) is 1. The largest absolute Gasteiger partial charge is 0.489 e. The summed E-state index contributed by atoms with van der Waals surface area (Å²) in [6.07, 6.45) is 1.90. The van der Waals surface area contributed by atoms with Crippen LogP contribution in [0, 0.1) is 5.82 Å². The third-order valence-corrected chi connectivity index (χ3v) is 2.45. The van der Waals surface area contributed by atoms with Crippen molar-refractivity contribution in [3.8, 4) is 5.75 Å². The number of rotatable bonds is 4. The second-order valence-electron chi connectivity index (χ2n) is 2.90. The molecule has 0 heterocycles. The molecule has 1 aromatic carbocycles. The Morgan fingerprint density at radius 2 is 2.21 bits per heavy atom. The van der Waals surface area contributed by atoms with Gasteiger partial charge in [0.05, 0.1) is 11.6 Å². The SMILES string of the molecule is CCCCOc1c(F)cc(Br)cc1Cl. The van der Waals surface area contributed by atoms with E-state index in [1.165, 1.54) is 6.07 Å². The Labute approximate surface area is 96.3 Å². The quantitative estimate of drug-likeness (QED) is 0.742. The molecule has 78 valence electrons. The van der Waals surface area contributed by atoms with Crippen LogP contribution in [-0.2, 0) is 0 Å². The molecule has 1 rings (SSSR count). The Hall–Kier alpha value is -0.280. The first kappa shape index (κ1) is 11.8. The van der Waals surface area contributed by atoms with Crippen LogP contribution in [0.4, 0.5) is 4.39 Å². The predicted octanol–water partition coefficient (Wildman–Crippen LogP) is 4.42. The minimum Gasteiger partial charge on any atom is -0.489 e. The summed E-state index contributed by atoms with van der Waals surface area (Å²) < 4.78 is 19.1. The first-order valence-corrected chi connectivity index (χ1v) is 5.59. The van der Waals surface area contributed by atoms with Gasteiger partial charge in [0, 0.05) is 4.47 Å². The number of benzene rings is 1. The van der Waals surface area contributed by atoms with Gasteiger partial charge in [-0.1, -0.05) is 40.9 Å². The van der Waals surface area contributed by atoms with Crippen LogP contribution < -0.4 is 4.74 Å². The fourth-order valence-electron chi connectivity index (χ4n) is 0.985. The number of hydrogen-bond acceptors (Lipinski definition) is 1. The third kappa shape index (κ3) is 3.14. The molecule has 0 aliphatic heterocycles. The smallest absolute Gasteiger partial charge is 0.173 e. The summed E-state index contributed by atoms with van der Waals surface area (Å²) in [4.78, 5) is 0. The van der Waals surface area contributed by atoms with Crippen LogP contribution in [0.3, 0.4) is 0 Å². The van der Waals surface area contributed by atoms with Crippen LogP contribution in [0.5, 0.6) is 5.75 Å². The van der Waals surface area contributed by atoms with E-state index >= 15 is 0 Å². The van der Waals surface area contributed by atoms with Gasteiger partial charge in [0.15, 0.2) is 11.6 Å². The Balaban J connectivity index is 2.75. The molecule has 0 saturated heterocycles. The fourth-order valence-corrected chi connectivity index (χ4v) is 1.81. The standard InChI is InChI=1S/C10H11BrClFO/c1-2-3-4-14-10-8(12)5-7(11)6-9(10)13/h5-6H,2-4H2,1H3. The lowest BCUT2D eigenvalue weighted by Gasteiger charge is -2.08. The van der Waals surface area contributed by atoms with E-state index in [0.717, 1.165) is 12.8 Å². The minimum atomic E-state index is -0.430. The van der Waals surface area contributed by atoms with Gasteiger partial charge in [-0.2, -0.15) is 0 Å². The zero-order valence-corrected chi connectivity index (χ0v) is 10.2. The molecule has 1 aromatic rings. The Morgan fingerprint density at radius 3 is 2.79 bits per heavy atom. The lowest BCUT2D eigenvalue weighted by Crippen LogP contribution is -1.99. The van der Waals surface area contributed by atoms with E-state index in [1.807, 2.05) is 6.92 Å². The molecule has 0 aliphatic carbocycles. The summed E-state index contributed by atoms with van der Waals surface area (Å²) in [5.41, 5.74) is 0. The van der Waals surface area contributed by atoms with Crippen LogP contribution in [-0.4, -0.2) is 6.61 Å². The molecule has 0 atom stereocenters. The van der Waals surface area contributed by atoms with Gasteiger partial charge in [0.1, 0.15) is 0 Å². The van der Waals surface area contributed by atoms with E-state index in [-0.39, 0.29) is 5.75 Å². The van der Waals surface area contributed by atoms with Gasteiger partial charge in [0.25, 0.3) is 0 Å². The zero-order valence-electron chi connectivity index (χ0n) is 7.82. The average Bonchev–Trinajstić information content (AvgIpc) is 2.09. The highest BCUT2D eigenvalue weighted by Crippen LogP contribution is 2.31. The predicted molar refractivity (Wildman–Crippen MR) is 59.5 cm³/mol. The highest BCUT2D eigenvalue weighted by Gasteiger charge is 2.09. The van der Waals surface area contributed by atoms with Crippen LogP contribution in [0.15, 0.2) is 16.6 Å². The number of unbranched alkanes of at least 4 members (excludes halogenated alkanes) is 1. The molecule has 1 nitrogen and oxygen atoms in total. The average molecular weight is 282 g/mol. The van der Waals surface area contributed by atoms with Crippen molar-refractivity contribution in [2.24, 2.45) is 0 Å². The van der Waals surface area contributed by atoms with Crippen molar-refractivity contribution in [3.05, 3.63) is 27.4 Å². The van der Waals surface area contributed by atoms with Crippen molar-refractivity contribution in [2.45, 2.75) is 19.8 Å². The van der Waals surface area contributed by atoms with Gasteiger partial charge in [0.2, 0.25) is 0 Å². The molecule has 0 amide bonds. The van der Waals surface area contributed by atoms with Crippen molar-refractivity contribution in [1.82, 2.24) is 0 Å². The first-order chi connectivity index (χ1) is 6.65. The highest BCUT2D eigenvalue weighted by molar-refractivity contribution is 9.10. The molecular weight excluding hydrogens is 270 g/mol. The van der Waals surface area contributed by atoms with Crippen molar-refractivity contribution in [1.29, 1.82) is 0 Å². The highest BCUT2D eigenvalue weighted by atomic mass is 79.9. The van der Waals surface area contributed by atoms with Crippen molar-refractivity contribution < 1.29 is 9.13 Å². The third-order valence-electron chi connectivity index (χ3n) is 1.71. The normalized spacial score (nSPS) is 10.3. The van der Waals surface area contributed by atoms with E-state index in [1.54, 1.807) is 6.07 Å². The molecular formula is C10H11BrClFO. The molecule has 4 heteroatoms. The summed E-state index contributed by atoms with van der Waals surface area (Å²) in [7, 11) is 0.